The number of halogens is 1. The van der Waals surface area contributed by atoms with E-state index in [0.717, 1.165) is 21.3 Å². The number of amides is 2. The number of hydrogen-bond donors (Lipinski definition) is 2. The molecule has 2 aromatic rings. The minimum atomic E-state index is -0.264. The van der Waals surface area contributed by atoms with Crippen LogP contribution in [0.5, 0.6) is 5.75 Å². The number of rotatable bonds is 6. The van der Waals surface area contributed by atoms with Crippen molar-refractivity contribution >= 4 is 27.7 Å². The summed E-state index contributed by atoms with van der Waals surface area (Å²) < 4.78 is 5.99. The van der Waals surface area contributed by atoms with Gasteiger partial charge in [0.25, 0.3) is 5.91 Å². The standard InChI is InChI=1S/C18H19BrN2O3/c1-12-9-14(19)5-8-16(12)18(23)21-11-17(22)20-10-13-3-6-15(24-2)7-4-13/h3-9H,10-11H2,1-2H3,(H,20,22)(H,21,23). The second-order valence-electron chi connectivity index (χ2n) is 5.27. The average molecular weight is 391 g/mol. The number of aryl methyl sites for hydroxylation is 1. The normalized spacial score (nSPS) is 10.1. The highest BCUT2D eigenvalue weighted by atomic mass is 79.9. The van der Waals surface area contributed by atoms with Crippen LogP contribution in [-0.4, -0.2) is 25.5 Å². The van der Waals surface area contributed by atoms with Gasteiger partial charge in [-0.15, -0.1) is 0 Å². The van der Waals surface area contributed by atoms with E-state index >= 15 is 0 Å². The molecule has 0 radical (unpaired) electrons. The number of carbonyl (C=O) groups is 2. The van der Waals surface area contributed by atoms with Gasteiger partial charge in [-0.25, -0.2) is 0 Å². The molecule has 24 heavy (non-hydrogen) atoms. The van der Waals surface area contributed by atoms with Crippen LogP contribution in [0.2, 0.25) is 0 Å². The van der Waals surface area contributed by atoms with Gasteiger partial charge in [0, 0.05) is 16.6 Å². The summed E-state index contributed by atoms with van der Waals surface area (Å²) in [4.78, 5) is 24.0. The van der Waals surface area contributed by atoms with E-state index < -0.39 is 0 Å². The maximum absolute atomic E-state index is 12.1. The monoisotopic (exact) mass is 390 g/mol. The van der Waals surface area contributed by atoms with Crippen molar-refractivity contribution in [3.8, 4) is 5.75 Å². The molecule has 0 atom stereocenters. The lowest BCUT2D eigenvalue weighted by Crippen LogP contribution is -2.36. The zero-order valence-electron chi connectivity index (χ0n) is 13.6. The van der Waals surface area contributed by atoms with Crippen LogP contribution in [0.1, 0.15) is 21.5 Å². The van der Waals surface area contributed by atoms with E-state index in [4.69, 9.17) is 4.74 Å². The molecular weight excluding hydrogens is 372 g/mol. The predicted octanol–water partition coefficient (Wildman–Crippen LogP) is 2.81. The van der Waals surface area contributed by atoms with Crippen molar-refractivity contribution in [2.75, 3.05) is 13.7 Å². The van der Waals surface area contributed by atoms with Gasteiger partial charge in [0.15, 0.2) is 0 Å². The SMILES string of the molecule is COc1ccc(CNC(=O)CNC(=O)c2ccc(Br)cc2C)cc1. The summed E-state index contributed by atoms with van der Waals surface area (Å²) in [5.74, 6) is 0.260. The molecule has 5 nitrogen and oxygen atoms in total. The van der Waals surface area contributed by atoms with E-state index in [9.17, 15) is 9.59 Å². The van der Waals surface area contributed by atoms with Crippen LogP contribution in [-0.2, 0) is 11.3 Å². The van der Waals surface area contributed by atoms with E-state index in [1.54, 1.807) is 19.2 Å². The minimum Gasteiger partial charge on any atom is -0.497 e. The summed E-state index contributed by atoms with van der Waals surface area (Å²) in [6, 6.07) is 12.8. The fraction of sp³-hybridized carbons (Fsp3) is 0.222. The Morgan fingerprint density at radius 2 is 1.79 bits per heavy atom. The minimum absolute atomic E-state index is 0.0650. The highest BCUT2D eigenvalue weighted by molar-refractivity contribution is 9.10. The van der Waals surface area contributed by atoms with Gasteiger partial charge in [-0.2, -0.15) is 0 Å². The molecule has 0 saturated carbocycles. The second kappa shape index (κ2) is 8.49. The third-order valence-corrected chi connectivity index (χ3v) is 3.98. The van der Waals surface area contributed by atoms with E-state index in [1.165, 1.54) is 0 Å². The molecule has 0 aliphatic rings. The Balaban J connectivity index is 1.80. The highest BCUT2D eigenvalue weighted by Crippen LogP contribution is 2.15. The van der Waals surface area contributed by atoms with Gasteiger partial charge in [0.1, 0.15) is 5.75 Å². The van der Waals surface area contributed by atoms with Gasteiger partial charge in [-0.3, -0.25) is 9.59 Å². The third kappa shape index (κ3) is 5.09. The van der Waals surface area contributed by atoms with Crippen LogP contribution in [0.4, 0.5) is 0 Å². The molecule has 6 heteroatoms. The first-order chi connectivity index (χ1) is 11.5. The number of benzene rings is 2. The molecule has 2 aromatic carbocycles. The van der Waals surface area contributed by atoms with E-state index in [2.05, 4.69) is 26.6 Å². The lowest BCUT2D eigenvalue weighted by atomic mass is 10.1. The molecule has 0 fully saturated rings. The molecule has 0 heterocycles. The number of hydrogen-bond acceptors (Lipinski definition) is 3. The summed E-state index contributed by atoms with van der Waals surface area (Å²) in [6.45, 7) is 2.18. The fourth-order valence-corrected chi connectivity index (χ4v) is 2.62. The van der Waals surface area contributed by atoms with Gasteiger partial charge in [0.05, 0.1) is 13.7 Å². The Morgan fingerprint density at radius 1 is 1.08 bits per heavy atom. The van der Waals surface area contributed by atoms with Crippen LogP contribution < -0.4 is 15.4 Å². The number of carbonyl (C=O) groups excluding carboxylic acids is 2. The lowest BCUT2D eigenvalue weighted by Gasteiger charge is -2.09. The van der Waals surface area contributed by atoms with Crippen molar-refractivity contribution in [2.45, 2.75) is 13.5 Å². The molecule has 0 saturated heterocycles. The first-order valence-corrected chi connectivity index (χ1v) is 8.23. The first-order valence-electron chi connectivity index (χ1n) is 7.43. The van der Waals surface area contributed by atoms with E-state index in [-0.39, 0.29) is 18.4 Å². The molecule has 0 aliphatic carbocycles. The van der Waals surface area contributed by atoms with Crippen LogP contribution in [0, 0.1) is 6.92 Å². The highest BCUT2D eigenvalue weighted by Gasteiger charge is 2.10. The van der Waals surface area contributed by atoms with Gasteiger partial charge in [-0.1, -0.05) is 28.1 Å². The lowest BCUT2D eigenvalue weighted by molar-refractivity contribution is -0.120. The number of nitrogens with one attached hydrogen (secondary N) is 2. The quantitative estimate of drug-likeness (QED) is 0.796. The molecule has 2 amide bonds. The zero-order valence-corrected chi connectivity index (χ0v) is 15.1. The van der Waals surface area contributed by atoms with Crippen LogP contribution in [0.15, 0.2) is 46.9 Å². The smallest absolute Gasteiger partial charge is 0.251 e. The zero-order chi connectivity index (χ0) is 17.5. The third-order valence-electron chi connectivity index (χ3n) is 3.49. The Hall–Kier alpha value is -2.34. The topological polar surface area (TPSA) is 67.4 Å². The summed E-state index contributed by atoms with van der Waals surface area (Å²) >= 11 is 3.36. The molecule has 2 N–H and O–H groups in total. The van der Waals surface area contributed by atoms with Crippen LogP contribution in [0.25, 0.3) is 0 Å². The van der Waals surface area contributed by atoms with Crippen LogP contribution >= 0.6 is 15.9 Å². The predicted molar refractivity (Wildman–Crippen MR) is 96.1 cm³/mol. The van der Waals surface area contributed by atoms with Crippen molar-refractivity contribution in [3.63, 3.8) is 0 Å². The number of methoxy groups -OCH3 is 1. The molecular formula is C18H19BrN2O3. The van der Waals surface area contributed by atoms with Gasteiger partial charge >= 0.3 is 0 Å². The molecule has 0 unspecified atom stereocenters. The summed E-state index contributed by atoms with van der Waals surface area (Å²) in [7, 11) is 1.60. The van der Waals surface area contributed by atoms with Crippen molar-refractivity contribution < 1.29 is 14.3 Å². The van der Waals surface area contributed by atoms with Gasteiger partial charge < -0.3 is 15.4 Å². The fourth-order valence-electron chi connectivity index (χ4n) is 2.14. The van der Waals surface area contributed by atoms with Crippen molar-refractivity contribution in [1.29, 1.82) is 0 Å². The first kappa shape index (κ1) is 18.0. The molecule has 0 bridgehead atoms. The molecule has 0 spiro atoms. The average Bonchev–Trinajstić information content (AvgIpc) is 2.58. The Kier molecular flexibility index (Phi) is 6.37. The van der Waals surface area contributed by atoms with E-state index in [0.29, 0.717) is 12.1 Å². The second-order valence-corrected chi connectivity index (χ2v) is 6.18. The molecule has 2 rings (SSSR count). The maximum Gasteiger partial charge on any atom is 0.251 e. The van der Waals surface area contributed by atoms with Crippen molar-refractivity contribution in [3.05, 3.63) is 63.6 Å². The Labute approximate surface area is 149 Å². The summed E-state index contributed by atoms with van der Waals surface area (Å²) in [6.07, 6.45) is 0. The maximum atomic E-state index is 12.1. The molecule has 126 valence electrons. The largest absolute Gasteiger partial charge is 0.497 e. The number of ether oxygens (including phenoxy) is 1. The molecule has 0 aliphatic heterocycles. The Bertz CT molecular complexity index is 730. The molecule has 0 aromatic heterocycles. The van der Waals surface area contributed by atoms with Gasteiger partial charge in [-0.05, 0) is 48.4 Å². The van der Waals surface area contributed by atoms with Gasteiger partial charge in [0.2, 0.25) is 5.91 Å². The van der Waals surface area contributed by atoms with Crippen molar-refractivity contribution in [1.82, 2.24) is 10.6 Å². The summed E-state index contributed by atoms with van der Waals surface area (Å²) in [5.41, 5.74) is 2.36. The van der Waals surface area contributed by atoms with Crippen molar-refractivity contribution in [2.24, 2.45) is 0 Å². The van der Waals surface area contributed by atoms with E-state index in [1.807, 2.05) is 37.3 Å². The Morgan fingerprint density at radius 3 is 2.42 bits per heavy atom. The summed E-state index contributed by atoms with van der Waals surface area (Å²) in [5, 5.41) is 5.39. The van der Waals surface area contributed by atoms with Crippen LogP contribution in [0.3, 0.4) is 0 Å².